The molecular weight excluding hydrogens is 322 g/mol. The molecule has 5 rings (SSSR count). The molecule has 0 bridgehead atoms. The van der Waals surface area contributed by atoms with Gasteiger partial charge >= 0.3 is 0 Å². The molecular formula is C16H15N7S. The van der Waals surface area contributed by atoms with Crippen LogP contribution < -0.4 is 9.80 Å². The van der Waals surface area contributed by atoms with Crippen molar-refractivity contribution in [2.75, 3.05) is 36.0 Å². The number of hydrogen-bond donors (Lipinski definition) is 0. The molecule has 0 spiro atoms. The van der Waals surface area contributed by atoms with Crippen molar-refractivity contribution < 1.29 is 0 Å². The number of aromatic nitrogens is 5. The van der Waals surface area contributed by atoms with Crippen LogP contribution in [0.2, 0.25) is 0 Å². The van der Waals surface area contributed by atoms with Crippen LogP contribution >= 0.6 is 11.3 Å². The first-order valence-electron chi connectivity index (χ1n) is 7.86. The number of hydrogen-bond acceptors (Lipinski definition) is 7. The molecule has 24 heavy (non-hydrogen) atoms. The monoisotopic (exact) mass is 337 g/mol. The first-order chi connectivity index (χ1) is 11.9. The van der Waals surface area contributed by atoms with E-state index in [-0.39, 0.29) is 0 Å². The Labute approximate surface area is 142 Å². The molecule has 1 aliphatic rings. The number of pyridine rings is 1. The Hall–Kier alpha value is -2.74. The molecule has 120 valence electrons. The number of fused-ring (bicyclic) bond motifs is 2. The van der Waals surface area contributed by atoms with Gasteiger partial charge in [-0.3, -0.25) is 4.98 Å². The second-order valence-corrected chi connectivity index (χ2v) is 6.73. The van der Waals surface area contributed by atoms with Crippen molar-refractivity contribution in [1.82, 2.24) is 24.3 Å². The third-order valence-electron chi connectivity index (χ3n) is 4.32. The van der Waals surface area contributed by atoms with Crippen molar-refractivity contribution in [1.29, 1.82) is 0 Å². The second kappa shape index (κ2) is 5.41. The van der Waals surface area contributed by atoms with Gasteiger partial charge in [0.2, 0.25) is 0 Å². The van der Waals surface area contributed by atoms with Gasteiger partial charge in [-0.25, -0.2) is 15.0 Å². The SMILES string of the molecule is c1cc2sc(N3CCN(c4nccn5ccnc45)CC3)nc2cn1. The Morgan fingerprint density at radius 3 is 2.54 bits per heavy atom. The van der Waals surface area contributed by atoms with Crippen LogP contribution in [0.5, 0.6) is 0 Å². The van der Waals surface area contributed by atoms with Gasteiger partial charge in [0, 0.05) is 57.2 Å². The van der Waals surface area contributed by atoms with Crippen LogP contribution in [0, 0.1) is 0 Å². The molecule has 0 aliphatic carbocycles. The molecule has 0 radical (unpaired) electrons. The minimum absolute atomic E-state index is 0.910. The molecule has 0 atom stereocenters. The van der Waals surface area contributed by atoms with Crippen LogP contribution in [0.4, 0.5) is 10.9 Å². The zero-order valence-electron chi connectivity index (χ0n) is 12.9. The topological polar surface area (TPSA) is 62.5 Å². The van der Waals surface area contributed by atoms with Crippen LogP contribution in [-0.2, 0) is 0 Å². The normalized spacial score (nSPS) is 15.5. The number of anilines is 2. The molecule has 7 nitrogen and oxygen atoms in total. The lowest BCUT2D eigenvalue weighted by Crippen LogP contribution is -2.47. The second-order valence-electron chi connectivity index (χ2n) is 5.72. The Balaban J connectivity index is 1.38. The third kappa shape index (κ3) is 2.18. The molecule has 1 aliphatic heterocycles. The largest absolute Gasteiger partial charge is 0.350 e. The first-order valence-corrected chi connectivity index (χ1v) is 8.68. The number of imidazole rings is 1. The zero-order chi connectivity index (χ0) is 15.9. The summed E-state index contributed by atoms with van der Waals surface area (Å²) in [5.74, 6) is 0.954. The van der Waals surface area contributed by atoms with Gasteiger partial charge in [-0.15, -0.1) is 0 Å². The van der Waals surface area contributed by atoms with E-state index in [1.807, 2.05) is 47.6 Å². The van der Waals surface area contributed by atoms with Gasteiger partial charge in [0.15, 0.2) is 16.6 Å². The van der Waals surface area contributed by atoms with E-state index in [1.165, 1.54) is 4.70 Å². The van der Waals surface area contributed by atoms with Crippen LogP contribution in [0.25, 0.3) is 15.9 Å². The average Bonchev–Trinajstić information content (AvgIpc) is 3.28. The summed E-state index contributed by atoms with van der Waals surface area (Å²) in [7, 11) is 0. The summed E-state index contributed by atoms with van der Waals surface area (Å²) >= 11 is 1.73. The highest BCUT2D eigenvalue weighted by Gasteiger charge is 2.22. The van der Waals surface area contributed by atoms with Gasteiger partial charge in [0.05, 0.1) is 10.9 Å². The third-order valence-corrected chi connectivity index (χ3v) is 5.42. The van der Waals surface area contributed by atoms with Crippen molar-refractivity contribution in [3.63, 3.8) is 0 Å². The van der Waals surface area contributed by atoms with E-state index in [9.17, 15) is 0 Å². The summed E-state index contributed by atoms with van der Waals surface area (Å²) in [4.78, 5) is 22.5. The number of nitrogens with zero attached hydrogens (tertiary/aromatic N) is 7. The summed E-state index contributed by atoms with van der Waals surface area (Å²) < 4.78 is 3.20. The van der Waals surface area contributed by atoms with Gasteiger partial charge in [0.25, 0.3) is 0 Å². The standard InChI is InChI=1S/C16H15N7S/c1-2-17-11-12-13(1)24-16(20-12)23-9-7-22(8-10-23)15-14-18-3-5-21(14)6-4-19-15/h1-6,11H,7-10H2. The first kappa shape index (κ1) is 13.7. The lowest BCUT2D eigenvalue weighted by atomic mass is 10.3. The molecule has 0 saturated carbocycles. The van der Waals surface area contributed by atoms with E-state index in [0.29, 0.717) is 0 Å². The van der Waals surface area contributed by atoms with Gasteiger partial charge in [-0.2, -0.15) is 0 Å². The lowest BCUT2D eigenvalue weighted by Gasteiger charge is -2.35. The molecule has 4 aromatic rings. The van der Waals surface area contributed by atoms with E-state index >= 15 is 0 Å². The number of thiazole rings is 1. The Bertz CT molecular complexity index is 967. The predicted octanol–water partition coefficient (Wildman–Crippen LogP) is 2.06. The molecule has 0 N–H and O–H groups in total. The van der Waals surface area contributed by atoms with Crippen LogP contribution in [-0.4, -0.2) is 50.5 Å². The van der Waals surface area contributed by atoms with E-state index in [2.05, 4.69) is 24.8 Å². The van der Waals surface area contributed by atoms with E-state index in [4.69, 9.17) is 4.98 Å². The van der Waals surface area contributed by atoms with Gasteiger partial charge < -0.3 is 14.2 Å². The maximum Gasteiger partial charge on any atom is 0.186 e. The molecule has 4 aromatic heterocycles. The number of rotatable bonds is 2. The summed E-state index contributed by atoms with van der Waals surface area (Å²) in [6.45, 7) is 3.68. The maximum absolute atomic E-state index is 4.71. The van der Waals surface area contributed by atoms with Crippen molar-refractivity contribution in [3.05, 3.63) is 43.2 Å². The quantitative estimate of drug-likeness (QED) is 0.558. The average molecular weight is 337 g/mol. The van der Waals surface area contributed by atoms with Crippen molar-refractivity contribution in [2.24, 2.45) is 0 Å². The van der Waals surface area contributed by atoms with E-state index in [1.54, 1.807) is 11.3 Å². The van der Waals surface area contributed by atoms with E-state index in [0.717, 1.165) is 48.3 Å². The fourth-order valence-corrected chi connectivity index (χ4v) is 4.06. The fourth-order valence-electron chi connectivity index (χ4n) is 3.08. The maximum atomic E-state index is 4.71. The van der Waals surface area contributed by atoms with Crippen molar-refractivity contribution in [2.45, 2.75) is 0 Å². The summed E-state index contributed by atoms with van der Waals surface area (Å²) in [6.07, 6.45) is 11.2. The van der Waals surface area contributed by atoms with Crippen LogP contribution in [0.15, 0.2) is 43.2 Å². The minimum atomic E-state index is 0.910. The van der Waals surface area contributed by atoms with Crippen molar-refractivity contribution in [3.8, 4) is 0 Å². The Morgan fingerprint density at radius 1 is 0.917 bits per heavy atom. The molecule has 0 aromatic carbocycles. The van der Waals surface area contributed by atoms with Crippen molar-refractivity contribution >= 4 is 38.2 Å². The predicted molar refractivity (Wildman–Crippen MR) is 94.8 cm³/mol. The Kier molecular flexibility index (Phi) is 3.08. The van der Waals surface area contributed by atoms with Crippen LogP contribution in [0.3, 0.4) is 0 Å². The number of piperazine rings is 1. The minimum Gasteiger partial charge on any atom is -0.350 e. The zero-order valence-corrected chi connectivity index (χ0v) is 13.7. The Morgan fingerprint density at radius 2 is 1.71 bits per heavy atom. The highest BCUT2D eigenvalue weighted by Crippen LogP contribution is 2.29. The highest BCUT2D eigenvalue weighted by atomic mass is 32.1. The fraction of sp³-hybridized carbons (Fsp3) is 0.250. The van der Waals surface area contributed by atoms with Gasteiger partial charge in [-0.1, -0.05) is 11.3 Å². The molecule has 0 unspecified atom stereocenters. The highest BCUT2D eigenvalue weighted by molar-refractivity contribution is 7.22. The smallest absolute Gasteiger partial charge is 0.186 e. The summed E-state index contributed by atoms with van der Waals surface area (Å²) in [5.41, 5.74) is 1.89. The molecule has 5 heterocycles. The molecule has 8 heteroatoms. The van der Waals surface area contributed by atoms with E-state index < -0.39 is 0 Å². The van der Waals surface area contributed by atoms with Gasteiger partial charge in [-0.05, 0) is 6.07 Å². The summed E-state index contributed by atoms with van der Waals surface area (Å²) in [5, 5.41) is 1.07. The van der Waals surface area contributed by atoms with Gasteiger partial charge in [0.1, 0.15) is 5.52 Å². The summed E-state index contributed by atoms with van der Waals surface area (Å²) in [6, 6.07) is 2.02. The molecule has 1 fully saturated rings. The molecule has 0 amide bonds. The lowest BCUT2D eigenvalue weighted by molar-refractivity contribution is 0.646. The van der Waals surface area contributed by atoms with Crippen LogP contribution in [0.1, 0.15) is 0 Å². The molecule has 1 saturated heterocycles.